The molecule has 1 saturated carbocycles. The lowest BCUT2D eigenvalue weighted by Gasteiger charge is -2.32. The highest BCUT2D eigenvalue weighted by atomic mass is 32.2. The summed E-state index contributed by atoms with van der Waals surface area (Å²) in [6.45, 7) is 5.42. The van der Waals surface area contributed by atoms with Gasteiger partial charge in [-0.2, -0.15) is 0 Å². The second-order valence-corrected chi connectivity index (χ2v) is 8.64. The fourth-order valence-corrected chi connectivity index (χ4v) is 3.70. The van der Waals surface area contributed by atoms with Gasteiger partial charge in [-0.15, -0.1) is 11.8 Å². The molecule has 1 aromatic carbocycles. The van der Waals surface area contributed by atoms with Gasteiger partial charge in [0.2, 0.25) is 5.91 Å². The van der Waals surface area contributed by atoms with E-state index in [0.717, 1.165) is 17.7 Å². The van der Waals surface area contributed by atoms with Crippen LogP contribution in [0.4, 0.5) is 10.5 Å². The van der Waals surface area contributed by atoms with Gasteiger partial charge in [0.05, 0.1) is 11.4 Å². The zero-order chi connectivity index (χ0) is 20.1. The van der Waals surface area contributed by atoms with Gasteiger partial charge in [0.1, 0.15) is 11.1 Å². The molecule has 0 aliphatic heterocycles. The highest BCUT2D eigenvalue weighted by molar-refractivity contribution is 8.00. The molecule has 0 bridgehead atoms. The lowest BCUT2D eigenvalue weighted by atomic mass is 9.97. The molecule has 3 amide bonds. The number of hydrogen-bond acceptors (Lipinski definition) is 5. The summed E-state index contributed by atoms with van der Waals surface area (Å²) < 4.78 is 5.53. The maximum absolute atomic E-state index is 12.7. The standard InChI is InChI=1S/C19H27N3O4S/c1-18(2,3)26-16(24)19(10-6-7-11-19)22-17(25)21-13-8-4-5-9-14(13)27-12-15(20)23/h4-5,8-9H,6-7,10-12H2,1-3H3,(H2,20,23)(H2,21,22,25). The molecule has 1 fully saturated rings. The maximum Gasteiger partial charge on any atom is 0.332 e. The number of carbonyl (C=O) groups is 3. The summed E-state index contributed by atoms with van der Waals surface area (Å²) in [5.74, 6) is -0.726. The monoisotopic (exact) mass is 393 g/mol. The summed E-state index contributed by atoms with van der Waals surface area (Å²) >= 11 is 1.24. The molecule has 0 atom stereocenters. The quantitative estimate of drug-likeness (QED) is 0.508. The van der Waals surface area contributed by atoms with Gasteiger partial charge in [-0.3, -0.25) is 4.79 Å². The largest absolute Gasteiger partial charge is 0.458 e. The Balaban J connectivity index is 2.09. The van der Waals surface area contributed by atoms with Crippen molar-refractivity contribution in [3.63, 3.8) is 0 Å². The molecule has 2 rings (SSSR count). The molecule has 4 N–H and O–H groups in total. The summed E-state index contributed by atoms with van der Waals surface area (Å²) in [4.78, 5) is 37.0. The van der Waals surface area contributed by atoms with Crippen molar-refractivity contribution in [3.8, 4) is 0 Å². The molecule has 0 unspecified atom stereocenters. The number of para-hydroxylation sites is 1. The van der Waals surface area contributed by atoms with Crippen LogP contribution in [0.5, 0.6) is 0 Å². The fourth-order valence-electron chi connectivity index (χ4n) is 2.95. The number of nitrogens with two attached hydrogens (primary N) is 1. The van der Waals surface area contributed by atoms with Crippen molar-refractivity contribution in [3.05, 3.63) is 24.3 Å². The van der Waals surface area contributed by atoms with Crippen LogP contribution in [0.1, 0.15) is 46.5 Å². The molecule has 1 aromatic rings. The Labute approximate surface area is 163 Å². The minimum atomic E-state index is -1.01. The third-order valence-corrected chi connectivity index (χ3v) is 5.20. The van der Waals surface area contributed by atoms with Crippen LogP contribution in [0, 0.1) is 0 Å². The summed E-state index contributed by atoms with van der Waals surface area (Å²) in [7, 11) is 0. The molecular weight excluding hydrogens is 366 g/mol. The first kappa shape index (κ1) is 21.1. The number of rotatable bonds is 6. The van der Waals surface area contributed by atoms with Crippen molar-refractivity contribution in [2.24, 2.45) is 5.73 Å². The van der Waals surface area contributed by atoms with Crippen LogP contribution < -0.4 is 16.4 Å². The number of urea groups is 1. The van der Waals surface area contributed by atoms with E-state index in [1.54, 1.807) is 39.0 Å². The molecule has 1 aliphatic carbocycles. The van der Waals surface area contributed by atoms with Crippen molar-refractivity contribution in [1.29, 1.82) is 0 Å². The number of carbonyl (C=O) groups excluding carboxylic acids is 3. The number of thioether (sulfide) groups is 1. The number of ether oxygens (including phenoxy) is 1. The van der Waals surface area contributed by atoms with Crippen LogP contribution in [0.25, 0.3) is 0 Å². The average molecular weight is 394 g/mol. The second-order valence-electron chi connectivity index (χ2n) is 7.62. The van der Waals surface area contributed by atoms with Crippen molar-refractivity contribution >= 4 is 35.4 Å². The normalized spacial score (nSPS) is 15.8. The van der Waals surface area contributed by atoms with E-state index >= 15 is 0 Å². The molecule has 7 nitrogen and oxygen atoms in total. The molecule has 148 valence electrons. The lowest BCUT2D eigenvalue weighted by molar-refractivity contribution is -0.162. The van der Waals surface area contributed by atoms with Gasteiger partial charge < -0.3 is 21.1 Å². The van der Waals surface area contributed by atoms with Gasteiger partial charge in [0, 0.05) is 4.90 Å². The number of hydrogen-bond donors (Lipinski definition) is 3. The van der Waals surface area contributed by atoms with Crippen LogP contribution in [-0.2, 0) is 14.3 Å². The van der Waals surface area contributed by atoms with E-state index in [-0.39, 0.29) is 5.75 Å². The SMILES string of the molecule is CC(C)(C)OC(=O)C1(NC(=O)Nc2ccccc2SCC(N)=O)CCCC1. The van der Waals surface area contributed by atoms with Crippen LogP contribution in [0.15, 0.2) is 29.2 Å². The fraction of sp³-hybridized carbons (Fsp3) is 0.526. The number of esters is 1. The predicted molar refractivity (Wildman–Crippen MR) is 106 cm³/mol. The first-order valence-corrected chi connectivity index (χ1v) is 9.93. The Morgan fingerprint density at radius 2 is 1.81 bits per heavy atom. The van der Waals surface area contributed by atoms with Crippen molar-refractivity contribution in [2.45, 2.75) is 62.5 Å². The van der Waals surface area contributed by atoms with E-state index in [0.29, 0.717) is 18.5 Å². The molecule has 0 spiro atoms. The minimum absolute atomic E-state index is 0.113. The Hall–Kier alpha value is -2.22. The van der Waals surface area contributed by atoms with Gasteiger partial charge in [-0.25, -0.2) is 9.59 Å². The Kier molecular flexibility index (Phi) is 6.75. The Morgan fingerprint density at radius 1 is 1.19 bits per heavy atom. The number of primary amides is 1. The highest BCUT2D eigenvalue weighted by Crippen LogP contribution is 2.33. The Bertz CT molecular complexity index is 709. The maximum atomic E-state index is 12.7. The van der Waals surface area contributed by atoms with E-state index in [4.69, 9.17) is 10.5 Å². The van der Waals surface area contributed by atoms with Crippen molar-refractivity contribution in [1.82, 2.24) is 5.32 Å². The summed E-state index contributed by atoms with van der Waals surface area (Å²) in [6, 6.07) is 6.64. The third-order valence-electron chi connectivity index (χ3n) is 4.10. The molecule has 0 saturated heterocycles. The molecule has 27 heavy (non-hydrogen) atoms. The summed E-state index contributed by atoms with van der Waals surface area (Å²) in [6.07, 6.45) is 2.80. The number of nitrogens with one attached hydrogen (secondary N) is 2. The first-order chi connectivity index (χ1) is 12.6. The zero-order valence-electron chi connectivity index (χ0n) is 16.0. The molecule has 0 radical (unpaired) electrons. The molecule has 0 heterocycles. The van der Waals surface area contributed by atoms with Crippen molar-refractivity contribution in [2.75, 3.05) is 11.1 Å². The van der Waals surface area contributed by atoms with E-state index in [1.807, 2.05) is 6.07 Å². The average Bonchev–Trinajstić information content (AvgIpc) is 3.02. The van der Waals surface area contributed by atoms with Gasteiger partial charge >= 0.3 is 12.0 Å². The molecular formula is C19H27N3O4S. The zero-order valence-corrected chi connectivity index (χ0v) is 16.8. The smallest absolute Gasteiger partial charge is 0.332 e. The number of anilines is 1. The number of amides is 3. The third kappa shape index (κ3) is 6.16. The first-order valence-electron chi connectivity index (χ1n) is 8.94. The number of benzene rings is 1. The summed E-state index contributed by atoms with van der Waals surface area (Å²) in [5, 5.41) is 5.60. The minimum Gasteiger partial charge on any atom is -0.458 e. The van der Waals surface area contributed by atoms with Gasteiger partial charge in [0.25, 0.3) is 0 Å². The van der Waals surface area contributed by atoms with E-state index in [2.05, 4.69) is 10.6 Å². The highest BCUT2D eigenvalue weighted by Gasteiger charge is 2.45. The van der Waals surface area contributed by atoms with Crippen LogP contribution in [0.3, 0.4) is 0 Å². The van der Waals surface area contributed by atoms with E-state index in [1.165, 1.54) is 11.8 Å². The topological polar surface area (TPSA) is 111 Å². The predicted octanol–water partition coefficient (Wildman–Crippen LogP) is 3.04. The van der Waals surface area contributed by atoms with Gasteiger partial charge in [0.15, 0.2) is 0 Å². The van der Waals surface area contributed by atoms with E-state index in [9.17, 15) is 14.4 Å². The van der Waals surface area contributed by atoms with Crippen LogP contribution >= 0.6 is 11.8 Å². The van der Waals surface area contributed by atoms with Gasteiger partial charge in [-0.1, -0.05) is 25.0 Å². The van der Waals surface area contributed by atoms with Crippen LogP contribution in [0.2, 0.25) is 0 Å². The Morgan fingerprint density at radius 3 is 2.41 bits per heavy atom. The lowest BCUT2D eigenvalue weighted by Crippen LogP contribution is -2.55. The second kappa shape index (κ2) is 8.65. The summed E-state index contributed by atoms with van der Waals surface area (Å²) in [5.41, 5.74) is 4.12. The molecule has 0 aromatic heterocycles. The van der Waals surface area contributed by atoms with E-state index < -0.39 is 29.0 Å². The molecule has 8 heteroatoms. The van der Waals surface area contributed by atoms with Crippen molar-refractivity contribution < 1.29 is 19.1 Å². The van der Waals surface area contributed by atoms with Crippen LogP contribution in [-0.4, -0.2) is 34.8 Å². The molecule has 1 aliphatic rings. The van der Waals surface area contributed by atoms with Gasteiger partial charge in [-0.05, 0) is 45.7 Å².